The standard InChI is InChI=1S/C26H30N4O9S/c1-18(31)40-26(13-4-14-28(26)24(33)39-16-20-7-11-22(12-8-20)30(36)37)17-25(2,3)27-23(32)38-15-19-5-9-21(10-6-19)29(34)35/h5-12H,4,13-17H2,1-3H3,(H,27,32). The molecule has 0 aliphatic carbocycles. The zero-order valence-corrected chi connectivity index (χ0v) is 23.1. The van der Waals surface area contributed by atoms with E-state index < -0.39 is 32.4 Å². The highest BCUT2D eigenvalue weighted by atomic mass is 32.2. The largest absolute Gasteiger partial charge is 0.445 e. The lowest BCUT2D eigenvalue weighted by Gasteiger charge is -2.41. The van der Waals surface area contributed by atoms with E-state index >= 15 is 0 Å². The molecule has 14 heteroatoms. The highest BCUT2D eigenvalue weighted by molar-refractivity contribution is 8.14. The van der Waals surface area contributed by atoms with E-state index in [1.165, 1.54) is 60.4 Å². The first-order valence-corrected chi connectivity index (χ1v) is 13.2. The van der Waals surface area contributed by atoms with Crippen LogP contribution in [0.3, 0.4) is 0 Å². The Hall–Kier alpha value is -4.20. The SMILES string of the molecule is CC(=O)SC1(CC(C)(C)NC(=O)OCc2ccc([N+](=O)[O-])cc2)CCCN1C(=O)OCc1ccc([N+](=O)[O-])cc1. The summed E-state index contributed by atoms with van der Waals surface area (Å²) in [5.74, 6) is 0. The van der Waals surface area contributed by atoms with Gasteiger partial charge in [0.05, 0.1) is 9.85 Å². The summed E-state index contributed by atoms with van der Waals surface area (Å²) in [6.07, 6.45) is -0.0398. The molecule has 0 spiro atoms. The minimum Gasteiger partial charge on any atom is -0.445 e. The van der Waals surface area contributed by atoms with Crippen molar-refractivity contribution < 1.29 is 33.7 Å². The zero-order chi connectivity index (χ0) is 29.5. The number of nitrogens with zero attached hydrogens (tertiary/aromatic N) is 3. The Bertz CT molecular complexity index is 1270. The van der Waals surface area contributed by atoms with Crippen molar-refractivity contribution in [3.05, 3.63) is 79.9 Å². The van der Waals surface area contributed by atoms with Crippen LogP contribution in [-0.2, 0) is 27.5 Å². The molecule has 0 aromatic heterocycles. The smallest absolute Gasteiger partial charge is 0.411 e. The van der Waals surface area contributed by atoms with Crippen LogP contribution in [0.5, 0.6) is 0 Å². The third kappa shape index (κ3) is 8.15. The number of non-ortho nitro benzene ring substituents is 2. The maximum Gasteiger partial charge on any atom is 0.411 e. The fourth-order valence-electron chi connectivity index (χ4n) is 4.55. The normalized spacial score (nSPS) is 16.7. The molecule has 214 valence electrons. The third-order valence-corrected chi connectivity index (χ3v) is 7.42. The van der Waals surface area contributed by atoms with Crippen molar-refractivity contribution in [2.24, 2.45) is 0 Å². The summed E-state index contributed by atoms with van der Waals surface area (Å²) >= 11 is 1.00. The molecule has 1 atom stereocenters. The number of alkyl carbamates (subject to hydrolysis) is 1. The number of carbonyl (C=O) groups is 3. The summed E-state index contributed by atoms with van der Waals surface area (Å²) in [5.41, 5.74) is 0.0825. The Labute approximate surface area is 234 Å². The molecule has 0 radical (unpaired) electrons. The molecule has 1 saturated heterocycles. The number of nitrogens with one attached hydrogen (secondary N) is 1. The first kappa shape index (κ1) is 30.3. The van der Waals surface area contributed by atoms with Crippen LogP contribution in [0, 0.1) is 20.2 Å². The molecule has 2 aromatic carbocycles. The molecule has 2 aromatic rings. The van der Waals surface area contributed by atoms with E-state index in [2.05, 4.69) is 5.32 Å². The van der Waals surface area contributed by atoms with Crippen molar-refractivity contribution in [1.82, 2.24) is 10.2 Å². The number of thioether (sulfide) groups is 1. The van der Waals surface area contributed by atoms with Gasteiger partial charge in [-0.25, -0.2) is 9.59 Å². The van der Waals surface area contributed by atoms with Crippen LogP contribution < -0.4 is 5.32 Å². The predicted octanol–water partition coefficient (Wildman–Crippen LogP) is 5.31. The molecule has 1 fully saturated rings. The average Bonchev–Trinajstić information content (AvgIpc) is 3.27. The van der Waals surface area contributed by atoms with Gasteiger partial charge in [-0.1, -0.05) is 11.8 Å². The lowest BCUT2D eigenvalue weighted by molar-refractivity contribution is -0.385. The van der Waals surface area contributed by atoms with Crippen LogP contribution in [-0.4, -0.2) is 49.0 Å². The van der Waals surface area contributed by atoms with Crippen molar-refractivity contribution in [2.45, 2.75) is 63.7 Å². The van der Waals surface area contributed by atoms with Gasteiger partial charge in [-0.15, -0.1) is 0 Å². The molecule has 1 N–H and O–H groups in total. The van der Waals surface area contributed by atoms with Crippen LogP contribution >= 0.6 is 11.8 Å². The van der Waals surface area contributed by atoms with Crippen molar-refractivity contribution in [3.8, 4) is 0 Å². The number of ether oxygens (including phenoxy) is 2. The van der Waals surface area contributed by atoms with Gasteiger partial charge >= 0.3 is 12.2 Å². The number of amides is 2. The monoisotopic (exact) mass is 574 g/mol. The molecule has 1 aliphatic rings. The van der Waals surface area contributed by atoms with E-state index in [4.69, 9.17) is 9.47 Å². The van der Waals surface area contributed by atoms with Crippen molar-refractivity contribution in [2.75, 3.05) is 6.54 Å². The van der Waals surface area contributed by atoms with Gasteiger partial charge in [0.2, 0.25) is 0 Å². The van der Waals surface area contributed by atoms with Crippen LogP contribution in [0.25, 0.3) is 0 Å². The number of rotatable bonds is 10. The molecule has 0 saturated carbocycles. The highest BCUT2D eigenvalue weighted by Gasteiger charge is 2.49. The fourth-order valence-corrected chi connectivity index (χ4v) is 6.04. The molecule has 13 nitrogen and oxygen atoms in total. The van der Waals surface area contributed by atoms with Gasteiger partial charge < -0.3 is 14.8 Å². The van der Waals surface area contributed by atoms with Gasteiger partial charge in [0, 0.05) is 49.7 Å². The fraction of sp³-hybridized carbons (Fsp3) is 0.423. The molecular weight excluding hydrogens is 544 g/mol. The molecule has 1 unspecified atom stereocenters. The van der Waals surface area contributed by atoms with E-state index in [9.17, 15) is 34.6 Å². The van der Waals surface area contributed by atoms with E-state index in [-0.39, 0.29) is 36.1 Å². The summed E-state index contributed by atoms with van der Waals surface area (Å²) in [4.78, 5) is 59.1. The minimum atomic E-state index is -0.979. The number of hydrogen-bond donors (Lipinski definition) is 1. The van der Waals surface area contributed by atoms with Gasteiger partial charge in [0.15, 0.2) is 5.12 Å². The van der Waals surface area contributed by atoms with Crippen LogP contribution in [0.4, 0.5) is 21.0 Å². The number of carbonyl (C=O) groups excluding carboxylic acids is 3. The third-order valence-electron chi connectivity index (χ3n) is 6.18. The quantitative estimate of drug-likeness (QED) is 0.290. The lowest BCUT2D eigenvalue weighted by Crippen LogP contribution is -2.54. The molecule has 1 heterocycles. The number of nitro benzene ring substituents is 2. The molecule has 3 rings (SSSR count). The summed E-state index contributed by atoms with van der Waals surface area (Å²) < 4.78 is 10.8. The van der Waals surface area contributed by atoms with E-state index in [0.29, 0.717) is 30.5 Å². The van der Waals surface area contributed by atoms with Crippen molar-refractivity contribution in [1.29, 1.82) is 0 Å². The topological polar surface area (TPSA) is 171 Å². The van der Waals surface area contributed by atoms with E-state index in [1.54, 1.807) is 13.8 Å². The summed E-state index contributed by atoms with van der Waals surface area (Å²) in [7, 11) is 0. The Balaban J connectivity index is 1.64. The van der Waals surface area contributed by atoms with Crippen LogP contribution in [0.15, 0.2) is 48.5 Å². The highest BCUT2D eigenvalue weighted by Crippen LogP contribution is 2.45. The zero-order valence-electron chi connectivity index (χ0n) is 22.3. The van der Waals surface area contributed by atoms with E-state index in [1.807, 2.05) is 0 Å². The number of likely N-dealkylation sites (tertiary alicyclic amines) is 1. The Kier molecular flexibility index (Phi) is 9.69. The van der Waals surface area contributed by atoms with Gasteiger partial charge in [-0.2, -0.15) is 0 Å². The summed E-state index contributed by atoms with van der Waals surface area (Å²) in [6, 6.07) is 11.3. The molecule has 1 aliphatic heterocycles. The van der Waals surface area contributed by atoms with Gasteiger partial charge in [-0.05, 0) is 62.1 Å². The van der Waals surface area contributed by atoms with Crippen molar-refractivity contribution >= 4 is 40.4 Å². The van der Waals surface area contributed by atoms with Crippen LogP contribution in [0.2, 0.25) is 0 Å². The average molecular weight is 575 g/mol. The first-order valence-electron chi connectivity index (χ1n) is 12.4. The second-order valence-electron chi connectivity index (χ2n) is 9.96. The molecular formula is C26H30N4O9S. The Morgan fingerprint density at radius 2 is 1.45 bits per heavy atom. The molecule has 0 bridgehead atoms. The minimum absolute atomic E-state index is 0.0741. The first-order chi connectivity index (χ1) is 18.8. The number of nitro groups is 2. The van der Waals surface area contributed by atoms with Crippen molar-refractivity contribution in [3.63, 3.8) is 0 Å². The van der Waals surface area contributed by atoms with E-state index in [0.717, 1.165) is 11.8 Å². The maximum atomic E-state index is 13.1. The number of benzene rings is 2. The van der Waals surface area contributed by atoms with Gasteiger partial charge in [-0.3, -0.25) is 29.9 Å². The Morgan fingerprint density at radius 3 is 1.93 bits per heavy atom. The summed E-state index contributed by atoms with van der Waals surface area (Å²) in [5, 5.41) is 24.2. The Morgan fingerprint density at radius 1 is 0.950 bits per heavy atom. The van der Waals surface area contributed by atoms with Gasteiger partial charge in [0.1, 0.15) is 18.1 Å². The predicted molar refractivity (Wildman–Crippen MR) is 145 cm³/mol. The lowest BCUT2D eigenvalue weighted by atomic mass is 9.93. The van der Waals surface area contributed by atoms with Gasteiger partial charge in [0.25, 0.3) is 11.4 Å². The molecule has 40 heavy (non-hydrogen) atoms. The molecule has 2 amide bonds. The summed E-state index contributed by atoms with van der Waals surface area (Å²) in [6.45, 7) is 5.05. The second-order valence-corrected chi connectivity index (χ2v) is 11.5. The van der Waals surface area contributed by atoms with Crippen LogP contribution in [0.1, 0.15) is 51.2 Å². The second kappa shape index (κ2) is 12.8. The maximum absolute atomic E-state index is 13.1. The number of hydrogen-bond acceptors (Lipinski definition) is 10.